The zero-order valence-corrected chi connectivity index (χ0v) is 15.7. The molecule has 1 unspecified atom stereocenters. The minimum absolute atomic E-state index is 0. The number of hydrogen-bond acceptors (Lipinski definition) is 3. The van der Waals surface area contributed by atoms with E-state index in [2.05, 4.69) is 10.6 Å². The minimum atomic E-state index is -4.47. The summed E-state index contributed by atoms with van der Waals surface area (Å²) >= 11 is 0. The molecule has 9 heteroatoms. The Balaban J connectivity index is 0.00000261. The Hall–Kier alpha value is -1.80. The largest absolute Gasteiger partial charge is 0.405 e. The van der Waals surface area contributed by atoms with Gasteiger partial charge in [0.25, 0.3) is 5.91 Å². The van der Waals surface area contributed by atoms with Crippen molar-refractivity contribution in [1.82, 2.24) is 10.6 Å². The highest BCUT2D eigenvalue weighted by Crippen LogP contribution is 2.58. The van der Waals surface area contributed by atoms with E-state index >= 15 is 0 Å². The molecule has 3 rings (SSSR count). The van der Waals surface area contributed by atoms with Crippen molar-refractivity contribution in [2.24, 2.45) is 11.3 Å². The van der Waals surface area contributed by atoms with Crippen molar-refractivity contribution in [2.75, 3.05) is 25.0 Å². The van der Waals surface area contributed by atoms with Gasteiger partial charge in [-0.1, -0.05) is 6.07 Å². The summed E-state index contributed by atoms with van der Waals surface area (Å²) in [5, 5.41) is 7.97. The van der Waals surface area contributed by atoms with Gasteiger partial charge in [0.2, 0.25) is 5.91 Å². The van der Waals surface area contributed by atoms with Crippen LogP contribution in [0.25, 0.3) is 0 Å². The summed E-state index contributed by atoms with van der Waals surface area (Å²) in [6.07, 6.45) is -1.65. The second-order valence-electron chi connectivity index (χ2n) is 7.19. The van der Waals surface area contributed by atoms with Gasteiger partial charge in [-0.05, 0) is 62.4 Å². The summed E-state index contributed by atoms with van der Waals surface area (Å²) in [7, 11) is 0. The third kappa shape index (κ3) is 5.13. The molecular formula is C18H23ClF3N3O2. The fraction of sp³-hybridized carbons (Fsp3) is 0.556. The molecule has 0 aromatic heterocycles. The number of anilines is 1. The van der Waals surface area contributed by atoms with E-state index in [1.807, 2.05) is 5.32 Å². The van der Waals surface area contributed by atoms with Gasteiger partial charge in [-0.15, -0.1) is 12.4 Å². The molecule has 27 heavy (non-hydrogen) atoms. The molecule has 1 aromatic rings. The van der Waals surface area contributed by atoms with Crippen molar-refractivity contribution in [3.63, 3.8) is 0 Å². The molecule has 1 saturated carbocycles. The molecule has 5 nitrogen and oxygen atoms in total. The second-order valence-corrected chi connectivity index (χ2v) is 7.19. The number of rotatable bonds is 4. The Morgan fingerprint density at radius 3 is 2.56 bits per heavy atom. The highest BCUT2D eigenvalue weighted by Gasteiger charge is 2.57. The van der Waals surface area contributed by atoms with Gasteiger partial charge in [-0.3, -0.25) is 9.59 Å². The predicted octanol–water partition coefficient (Wildman–Crippen LogP) is 3.04. The number of benzene rings is 1. The number of aryl methyl sites for hydroxylation is 1. The van der Waals surface area contributed by atoms with Crippen LogP contribution in [0.1, 0.15) is 35.2 Å². The molecule has 1 spiro atoms. The van der Waals surface area contributed by atoms with Crippen molar-refractivity contribution >= 4 is 29.9 Å². The van der Waals surface area contributed by atoms with Crippen LogP contribution in [0, 0.1) is 18.3 Å². The molecule has 1 saturated heterocycles. The Bertz CT molecular complexity index is 718. The maximum Gasteiger partial charge on any atom is 0.405 e. The van der Waals surface area contributed by atoms with Gasteiger partial charge in [0, 0.05) is 17.2 Å². The van der Waals surface area contributed by atoms with Gasteiger partial charge >= 0.3 is 6.18 Å². The number of halogens is 4. The Labute approximate surface area is 161 Å². The van der Waals surface area contributed by atoms with Crippen LogP contribution in [-0.4, -0.2) is 37.6 Å². The summed E-state index contributed by atoms with van der Waals surface area (Å²) in [6, 6.07) is 4.49. The van der Waals surface area contributed by atoms with Crippen LogP contribution in [0.2, 0.25) is 0 Å². The summed E-state index contributed by atoms with van der Waals surface area (Å²) in [4.78, 5) is 24.5. The summed E-state index contributed by atoms with van der Waals surface area (Å²) in [5.74, 6) is -0.936. The van der Waals surface area contributed by atoms with Crippen molar-refractivity contribution in [2.45, 2.75) is 32.4 Å². The average molecular weight is 406 g/mol. The maximum absolute atomic E-state index is 12.6. The van der Waals surface area contributed by atoms with Gasteiger partial charge in [-0.25, -0.2) is 0 Å². The van der Waals surface area contributed by atoms with E-state index in [-0.39, 0.29) is 35.2 Å². The van der Waals surface area contributed by atoms with E-state index in [0.29, 0.717) is 5.69 Å². The molecule has 1 aromatic carbocycles. The first kappa shape index (κ1) is 21.5. The molecule has 1 heterocycles. The predicted molar refractivity (Wildman–Crippen MR) is 98.1 cm³/mol. The lowest BCUT2D eigenvalue weighted by Gasteiger charge is -2.23. The van der Waals surface area contributed by atoms with Crippen LogP contribution >= 0.6 is 12.4 Å². The van der Waals surface area contributed by atoms with E-state index in [4.69, 9.17) is 0 Å². The van der Waals surface area contributed by atoms with Crippen LogP contribution in [0.5, 0.6) is 0 Å². The lowest BCUT2D eigenvalue weighted by atomic mass is 9.91. The van der Waals surface area contributed by atoms with Crippen LogP contribution in [0.4, 0.5) is 18.9 Å². The number of alkyl halides is 3. The van der Waals surface area contributed by atoms with Gasteiger partial charge in [-0.2, -0.15) is 13.2 Å². The summed E-state index contributed by atoms with van der Waals surface area (Å²) < 4.78 is 36.7. The zero-order chi connectivity index (χ0) is 18.9. The van der Waals surface area contributed by atoms with Crippen molar-refractivity contribution in [1.29, 1.82) is 0 Å². The summed E-state index contributed by atoms with van der Waals surface area (Å²) in [5.41, 5.74) is 1.39. The molecule has 2 fully saturated rings. The third-order valence-electron chi connectivity index (χ3n) is 5.31. The first-order chi connectivity index (χ1) is 12.2. The third-order valence-corrected chi connectivity index (χ3v) is 5.31. The van der Waals surface area contributed by atoms with E-state index in [0.717, 1.165) is 37.9 Å². The quantitative estimate of drug-likeness (QED) is 0.721. The van der Waals surface area contributed by atoms with Crippen molar-refractivity contribution < 1.29 is 22.8 Å². The van der Waals surface area contributed by atoms with Gasteiger partial charge in [0.1, 0.15) is 6.54 Å². The first-order valence-corrected chi connectivity index (χ1v) is 8.67. The lowest BCUT2D eigenvalue weighted by Crippen LogP contribution is -2.33. The lowest BCUT2D eigenvalue weighted by molar-refractivity contribution is -0.123. The molecule has 1 aliphatic carbocycles. The standard InChI is InChI=1S/C18H22F3N3O2.ClH/c1-11-2-3-12(15(25)23-10-18(19,20)21)8-14(11)24-16(26)13-9-17(13)4-6-22-7-5-17;/h2-3,8,13,22H,4-7,9-10H2,1H3,(H,23,25)(H,24,26);1H. The number of hydrogen-bond donors (Lipinski definition) is 3. The minimum Gasteiger partial charge on any atom is -0.343 e. The van der Waals surface area contributed by atoms with E-state index in [9.17, 15) is 22.8 Å². The van der Waals surface area contributed by atoms with E-state index in [1.54, 1.807) is 13.0 Å². The first-order valence-electron chi connectivity index (χ1n) is 8.67. The van der Waals surface area contributed by atoms with Crippen LogP contribution in [0.15, 0.2) is 18.2 Å². The number of nitrogens with one attached hydrogen (secondary N) is 3. The highest BCUT2D eigenvalue weighted by atomic mass is 35.5. The van der Waals surface area contributed by atoms with Crippen molar-refractivity contribution in [3.8, 4) is 0 Å². The number of piperidine rings is 1. The number of carbonyl (C=O) groups excluding carboxylic acids is 2. The molecule has 0 radical (unpaired) electrons. The molecule has 0 bridgehead atoms. The smallest absolute Gasteiger partial charge is 0.343 e. The Morgan fingerprint density at radius 2 is 1.93 bits per heavy atom. The second kappa shape index (κ2) is 8.06. The molecule has 1 aliphatic heterocycles. The molecule has 150 valence electrons. The summed E-state index contributed by atoms with van der Waals surface area (Å²) in [6.45, 7) is 2.22. The van der Waals surface area contributed by atoms with E-state index < -0.39 is 18.6 Å². The highest BCUT2D eigenvalue weighted by molar-refractivity contribution is 5.99. The van der Waals surface area contributed by atoms with Crippen LogP contribution in [-0.2, 0) is 4.79 Å². The molecule has 2 aliphatic rings. The molecular weight excluding hydrogens is 383 g/mol. The van der Waals surface area contributed by atoms with Crippen LogP contribution < -0.4 is 16.0 Å². The zero-order valence-electron chi connectivity index (χ0n) is 14.9. The SMILES string of the molecule is Cc1ccc(C(=O)NCC(F)(F)F)cc1NC(=O)C1CC12CCNCC2.Cl. The topological polar surface area (TPSA) is 70.2 Å². The molecule has 2 amide bonds. The van der Waals surface area contributed by atoms with Gasteiger partial charge in [0.05, 0.1) is 0 Å². The van der Waals surface area contributed by atoms with Crippen molar-refractivity contribution in [3.05, 3.63) is 29.3 Å². The van der Waals surface area contributed by atoms with E-state index in [1.165, 1.54) is 12.1 Å². The van der Waals surface area contributed by atoms with Gasteiger partial charge < -0.3 is 16.0 Å². The normalized spacial score (nSPS) is 20.5. The van der Waals surface area contributed by atoms with Gasteiger partial charge in [0.15, 0.2) is 0 Å². The fourth-order valence-electron chi connectivity index (χ4n) is 3.60. The monoisotopic (exact) mass is 405 g/mol. The average Bonchev–Trinajstić information content (AvgIpc) is 3.27. The number of amides is 2. The van der Waals surface area contributed by atoms with Crippen LogP contribution in [0.3, 0.4) is 0 Å². The molecule has 1 atom stereocenters. The Kier molecular flexibility index (Phi) is 6.42. The fourth-order valence-corrected chi connectivity index (χ4v) is 3.60. The maximum atomic E-state index is 12.6. The number of carbonyl (C=O) groups is 2. The Morgan fingerprint density at radius 1 is 1.26 bits per heavy atom. The molecule has 3 N–H and O–H groups in total.